The fourth-order valence-electron chi connectivity index (χ4n) is 1.90. The van der Waals surface area contributed by atoms with Crippen LogP contribution in [0.1, 0.15) is 29.5 Å². The standard InChI is InChI=1S/C10H15NO4S2/c1-7-10(16-6-11-7)9-5-8(3-4-14-9)15-17(2,12)13/h6,8-9H,3-5H2,1-2H3. The van der Waals surface area contributed by atoms with Crippen LogP contribution in [-0.4, -0.2) is 32.4 Å². The van der Waals surface area contributed by atoms with E-state index in [1.807, 2.05) is 6.92 Å². The molecule has 0 radical (unpaired) electrons. The van der Waals surface area contributed by atoms with Crippen LogP contribution in [0.15, 0.2) is 5.51 Å². The number of hydrogen-bond acceptors (Lipinski definition) is 6. The van der Waals surface area contributed by atoms with Gasteiger partial charge in [0.2, 0.25) is 0 Å². The number of nitrogens with zero attached hydrogens (tertiary/aromatic N) is 1. The predicted molar refractivity (Wildman–Crippen MR) is 64.5 cm³/mol. The smallest absolute Gasteiger partial charge is 0.264 e. The molecule has 5 nitrogen and oxygen atoms in total. The van der Waals surface area contributed by atoms with Crippen molar-refractivity contribution in [2.75, 3.05) is 12.9 Å². The SMILES string of the molecule is Cc1ncsc1C1CC(OS(C)(=O)=O)CCO1. The van der Waals surface area contributed by atoms with Crippen molar-refractivity contribution in [3.05, 3.63) is 16.1 Å². The first-order valence-corrected chi connectivity index (χ1v) is 8.05. The molecule has 1 fully saturated rings. The van der Waals surface area contributed by atoms with E-state index in [0.29, 0.717) is 19.4 Å². The molecule has 1 aliphatic heterocycles. The van der Waals surface area contributed by atoms with Crippen molar-refractivity contribution in [3.8, 4) is 0 Å². The number of rotatable bonds is 3. The van der Waals surface area contributed by atoms with Crippen LogP contribution in [0.2, 0.25) is 0 Å². The van der Waals surface area contributed by atoms with Crippen molar-refractivity contribution in [3.63, 3.8) is 0 Å². The van der Waals surface area contributed by atoms with Crippen LogP contribution in [-0.2, 0) is 19.0 Å². The highest BCUT2D eigenvalue weighted by atomic mass is 32.2. The van der Waals surface area contributed by atoms with Crippen molar-refractivity contribution in [2.24, 2.45) is 0 Å². The Labute approximate surface area is 105 Å². The lowest BCUT2D eigenvalue weighted by atomic mass is 10.0. The van der Waals surface area contributed by atoms with E-state index >= 15 is 0 Å². The summed E-state index contributed by atoms with van der Waals surface area (Å²) < 4.78 is 32.8. The molecule has 1 aliphatic rings. The van der Waals surface area contributed by atoms with Gasteiger partial charge in [-0.1, -0.05) is 0 Å². The van der Waals surface area contributed by atoms with Crippen LogP contribution in [0.3, 0.4) is 0 Å². The molecule has 2 unspecified atom stereocenters. The van der Waals surface area contributed by atoms with Crippen LogP contribution in [0, 0.1) is 6.92 Å². The van der Waals surface area contributed by atoms with Gasteiger partial charge in [-0.25, -0.2) is 4.98 Å². The third-order valence-corrected chi connectivity index (χ3v) is 4.27. The van der Waals surface area contributed by atoms with Gasteiger partial charge in [-0.05, 0) is 13.3 Å². The molecule has 2 heterocycles. The van der Waals surface area contributed by atoms with Crippen molar-refractivity contribution in [1.82, 2.24) is 4.98 Å². The average Bonchev–Trinajstić information content (AvgIpc) is 2.62. The highest BCUT2D eigenvalue weighted by Crippen LogP contribution is 2.33. The van der Waals surface area contributed by atoms with E-state index in [1.54, 1.807) is 5.51 Å². The predicted octanol–water partition coefficient (Wildman–Crippen LogP) is 1.65. The summed E-state index contributed by atoms with van der Waals surface area (Å²) in [5, 5.41) is 0. The summed E-state index contributed by atoms with van der Waals surface area (Å²) in [6, 6.07) is 0. The average molecular weight is 277 g/mol. The molecule has 0 N–H and O–H groups in total. The third kappa shape index (κ3) is 3.48. The highest BCUT2D eigenvalue weighted by Gasteiger charge is 2.28. The van der Waals surface area contributed by atoms with Gasteiger partial charge in [0.05, 0.1) is 34.5 Å². The van der Waals surface area contributed by atoms with Crippen LogP contribution < -0.4 is 0 Å². The molecule has 0 spiro atoms. The number of aromatic nitrogens is 1. The van der Waals surface area contributed by atoms with Gasteiger partial charge in [-0.3, -0.25) is 4.18 Å². The van der Waals surface area contributed by atoms with E-state index in [0.717, 1.165) is 16.8 Å². The summed E-state index contributed by atoms with van der Waals surface area (Å²) in [4.78, 5) is 5.23. The first-order chi connectivity index (χ1) is 7.96. The normalized spacial score (nSPS) is 26.0. The zero-order valence-corrected chi connectivity index (χ0v) is 11.4. The fraction of sp³-hybridized carbons (Fsp3) is 0.700. The Morgan fingerprint density at radius 1 is 1.59 bits per heavy atom. The van der Waals surface area contributed by atoms with Gasteiger partial charge in [0.1, 0.15) is 0 Å². The Hall–Kier alpha value is -0.500. The molecule has 0 bridgehead atoms. The van der Waals surface area contributed by atoms with E-state index in [1.165, 1.54) is 11.3 Å². The molecule has 2 atom stereocenters. The molecule has 7 heteroatoms. The van der Waals surface area contributed by atoms with Gasteiger partial charge in [-0.2, -0.15) is 8.42 Å². The third-order valence-electron chi connectivity index (χ3n) is 2.62. The van der Waals surface area contributed by atoms with Crippen molar-refractivity contribution in [2.45, 2.75) is 32.0 Å². The second-order valence-electron chi connectivity index (χ2n) is 4.11. The van der Waals surface area contributed by atoms with Gasteiger partial charge >= 0.3 is 0 Å². The number of aryl methyl sites for hydroxylation is 1. The Morgan fingerprint density at radius 3 is 2.94 bits per heavy atom. The van der Waals surface area contributed by atoms with Gasteiger partial charge in [0.25, 0.3) is 10.1 Å². The quantitative estimate of drug-likeness (QED) is 0.786. The highest BCUT2D eigenvalue weighted by molar-refractivity contribution is 7.86. The summed E-state index contributed by atoms with van der Waals surface area (Å²) in [5.74, 6) is 0. The van der Waals surface area contributed by atoms with Gasteiger partial charge in [0.15, 0.2) is 0 Å². The van der Waals surface area contributed by atoms with Crippen molar-refractivity contribution < 1.29 is 17.3 Å². The molecule has 17 heavy (non-hydrogen) atoms. The lowest BCUT2D eigenvalue weighted by molar-refractivity contribution is -0.0328. The molecule has 1 aromatic rings. The maximum Gasteiger partial charge on any atom is 0.264 e. The molecule has 1 saturated heterocycles. The molecule has 0 amide bonds. The number of thiazole rings is 1. The van der Waals surface area contributed by atoms with Crippen molar-refractivity contribution in [1.29, 1.82) is 0 Å². The molecule has 0 aliphatic carbocycles. The van der Waals surface area contributed by atoms with Crippen LogP contribution >= 0.6 is 11.3 Å². The van der Waals surface area contributed by atoms with E-state index in [9.17, 15) is 8.42 Å². The topological polar surface area (TPSA) is 65.5 Å². The second-order valence-corrected chi connectivity index (χ2v) is 6.60. The minimum atomic E-state index is -3.39. The van der Waals surface area contributed by atoms with Gasteiger partial charge in [0, 0.05) is 13.0 Å². The minimum absolute atomic E-state index is 0.0944. The molecular weight excluding hydrogens is 262 g/mol. The summed E-state index contributed by atoms with van der Waals surface area (Å²) >= 11 is 1.53. The van der Waals surface area contributed by atoms with E-state index in [4.69, 9.17) is 8.92 Å². The largest absolute Gasteiger partial charge is 0.372 e. The molecule has 0 saturated carbocycles. The van der Waals surface area contributed by atoms with Crippen LogP contribution in [0.4, 0.5) is 0 Å². The van der Waals surface area contributed by atoms with Gasteiger partial charge in [-0.15, -0.1) is 11.3 Å². The van der Waals surface area contributed by atoms with Crippen LogP contribution in [0.5, 0.6) is 0 Å². The molecular formula is C10H15NO4S2. The second kappa shape index (κ2) is 5.01. The zero-order chi connectivity index (χ0) is 12.5. The summed E-state index contributed by atoms with van der Waals surface area (Å²) in [5.41, 5.74) is 2.72. The summed E-state index contributed by atoms with van der Waals surface area (Å²) in [6.45, 7) is 2.44. The minimum Gasteiger partial charge on any atom is -0.372 e. The molecule has 2 rings (SSSR count). The number of hydrogen-bond donors (Lipinski definition) is 0. The summed E-state index contributed by atoms with van der Waals surface area (Å²) in [6.07, 6.45) is 1.88. The summed E-state index contributed by atoms with van der Waals surface area (Å²) in [7, 11) is -3.39. The maximum absolute atomic E-state index is 11.1. The van der Waals surface area contributed by atoms with E-state index < -0.39 is 10.1 Å². The first-order valence-electron chi connectivity index (χ1n) is 5.35. The molecule has 96 valence electrons. The zero-order valence-electron chi connectivity index (χ0n) is 9.75. The Kier molecular flexibility index (Phi) is 3.82. The molecule has 1 aromatic heterocycles. The lowest BCUT2D eigenvalue weighted by Gasteiger charge is -2.28. The van der Waals surface area contributed by atoms with Crippen LogP contribution in [0.25, 0.3) is 0 Å². The first kappa shape index (κ1) is 12.9. The maximum atomic E-state index is 11.1. The Balaban J connectivity index is 2.05. The van der Waals surface area contributed by atoms with Gasteiger partial charge < -0.3 is 4.74 Å². The Morgan fingerprint density at radius 2 is 2.35 bits per heavy atom. The van der Waals surface area contributed by atoms with E-state index in [-0.39, 0.29) is 12.2 Å². The lowest BCUT2D eigenvalue weighted by Crippen LogP contribution is -2.28. The monoisotopic (exact) mass is 277 g/mol. The van der Waals surface area contributed by atoms with Crippen molar-refractivity contribution >= 4 is 21.5 Å². The molecule has 0 aromatic carbocycles. The fourth-order valence-corrected chi connectivity index (χ4v) is 3.44. The number of ether oxygens (including phenoxy) is 1. The Bertz CT molecular complexity index is 482. The van der Waals surface area contributed by atoms with E-state index in [2.05, 4.69) is 4.98 Å².